The molecule has 1 saturated heterocycles. The molecule has 7 N–H and O–H groups in total. The molecule has 1 fully saturated rings. The van der Waals surface area contributed by atoms with Gasteiger partial charge in [-0.15, -0.1) is 0 Å². The van der Waals surface area contributed by atoms with E-state index in [0.29, 0.717) is 6.42 Å². The molecule has 4 unspecified atom stereocenters. The van der Waals surface area contributed by atoms with Crippen molar-refractivity contribution >= 4 is 23.7 Å². The number of aliphatic carboxylic acids is 1. The third-order valence-corrected chi connectivity index (χ3v) is 3.74. The zero-order chi connectivity index (χ0) is 19.0. The molecule has 4 atom stereocenters. The van der Waals surface area contributed by atoms with Gasteiger partial charge in [0.05, 0.1) is 19.3 Å². The lowest BCUT2D eigenvalue weighted by Crippen LogP contribution is -2.57. The van der Waals surface area contributed by atoms with E-state index in [2.05, 4.69) is 16.0 Å². The van der Waals surface area contributed by atoms with E-state index in [-0.39, 0.29) is 11.9 Å². The third kappa shape index (κ3) is 6.29. The van der Waals surface area contributed by atoms with Crippen LogP contribution in [-0.2, 0) is 19.2 Å². The Bertz CT molecular complexity index is 507. The first-order valence-electron chi connectivity index (χ1n) is 7.89. The van der Waals surface area contributed by atoms with Gasteiger partial charge in [0, 0.05) is 0 Å². The summed E-state index contributed by atoms with van der Waals surface area (Å²) in [5.41, 5.74) is 0. The molecule has 0 aromatic rings. The summed E-state index contributed by atoms with van der Waals surface area (Å²) < 4.78 is 0. The second-order valence-electron chi connectivity index (χ2n) is 5.70. The van der Waals surface area contributed by atoms with E-state index in [1.807, 2.05) is 5.32 Å². The zero-order valence-electron chi connectivity index (χ0n) is 13.8. The number of carbonyl (C=O) groups excluding carboxylic acids is 3. The fraction of sp³-hybridized carbons (Fsp3) is 0.714. The van der Waals surface area contributed by atoms with Gasteiger partial charge < -0.3 is 36.6 Å². The van der Waals surface area contributed by atoms with Crippen LogP contribution in [0, 0.1) is 0 Å². The number of nitrogens with one attached hydrogen (secondary N) is 4. The fourth-order valence-corrected chi connectivity index (χ4v) is 2.24. The standard InChI is InChI=1S/C14H24N4O7/c1-7(16-12(22)8-3-2-4-15-8)11(21)17-9(5-19)13(23)18-10(6-20)14(24)25/h7-10,15,19-20H,2-6H2,1H3,(H,16,22)(H,17,21)(H,18,23)(H,24,25). The van der Waals surface area contributed by atoms with Crippen LogP contribution in [0.5, 0.6) is 0 Å². The summed E-state index contributed by atoms with van der Waals surface area (Å²) >= 11 is 0. The maximum absolute atomic E-state index is 12.1. The highest BCUT2D eigenvalue weighted by Crippen LogP contribution is 2.05. The topological polar surface area (TPSA) is 177 Å². The SMILES string of the molecule is CC(NC(=O)C1CCCN1)C(=O)NC(CO)C(=O)NC(CO)C(=O)O. The Morgan fingerprint density at radius 3 is 2.12 bits per heavy atom. The molecule has 3 amide bonds. The van der Waals surface area contributed by atoms with Crippen molar-refractivity contribution in [3.8, 4) is 0 Å². The molecule has 0 aromatic heterocycles. The summed E-state index contributed by atoms with van der Waals surface area (Å²) in [5.74, 6) is -3.47. The van der Waals surface area contributed by atoms with Crippen LogP contribution >= 0.6 is 0 Å². The monoisotopic (exact) mass is 360 g/mol. The van der Waals surface area contributed by atoms with Crippen molar-refractivity contribution in [1.82, 2.24) is 21.3 Å². The summed E-state index contributed by atoms with van der Waals surface area (Å²) in [6.45, 7) is 0.525. The number of carboxylic acids is 1. The predicted octanol–water partition coefficient (Wildman–Crippen LogP) is -3.72. The van der Waals surface area contributed by atoms with Crippen LogP contribution in [0.3, 0.4) is 0 Å². The lowest BCUT2D eigenvalue weighted by atomic mass is 10.2. The molecule has 0 saturated carbocycles. The average molecular weight is 360 g/mol. The van der Waals surface area contributed by atoms with Crippen molar-refractivity contribution in [3.05, 3.63) is 0 Å². The second kappa shape index (κ2) is 9.91. The molecule has 1 aliphatic rings. The van der Waals surface area contributed by atoms with Crippen molar-refractivity contribution in [2.24, 2.45) is 0 Å². The molecule has 142 valence electrons. The number of hydrogen-bond acceptors (Lipinski definition) is 7. The van der Waals surface area contributed by atoms with Gasteiger partial charge in [0.15, 0.2) is 0 Å². The number of aliphatic hydroxyl groups is 2. The molecule has 1 aliphatic heterocycles. The lowest BCUT2D eigenvalue weighted by Gasteiger charge is -2.22. The Labute approximate surface area is 144 Å². The first-order chi connectivity index (χ1) is 11.8. The Morgan fingerprint density at radius 2 is 1.64 bits per heavy atom. The molecule has 0 aromatic carbocycles. The first kappa shape index (κ1) is 20.8. The van der Waals surface area contributed by atoms with Gasteiger partial charge in [0.1, 0.15) is 18.1 Å². The van der Waals surface area contributed by atoms with Gasteiger partial charge >= 0.3 is 5.97 Å². The van der Waals surface area contributed by atoms with Crippen molar-refractivity contribution < 1.29 is 34.5 Å². The van der Waals surface area contributed by atoms with Crippen molar-refractivity contribution in [2.75, 3.05) is 19.8 Å². The number of amides is 3. The molecular weight excluding hydrogens is 336 g/mol. The number of aliphatic hydroxyl groups excluding tert-OH is 2. The minimum absolute atomic E-state index is 0.337. The number of carbonyl (C=O) groups is 4. The summed E-state index contributed by atoms with van der Waals surface area (Å²) in [5, 5.41) is 36.6. The molecule has 1 heterocycles. The number of carboxylic acid groups (broad SMARTS) is 1. The quantitative estimate of drug-likeness (QED) is 0.219. The Kier molecular flexibility index (Phi) is 8.25. The smallest absolute Gasteiger partial charge is 0.328 e. The second-order valence-corrected chi connectivity index (χ2v) is 5.70. The molecule has 0 spiro atoms. The van der Waals surface area contributed by atoms with Gasteiger partial charge in [-0.2, -0.15) is 0 Å². The summed E-state index contributed by atoms with van der Waals surface area (Å²) in [6.07, 6.45) is 1.53. The van der Waals surface area contributed by atoms with Gasteiger partial charge in [-0.25, -0.2) is 4.79 Å². The van der Waals surface area contributed by atoms with Crippen LogP contribution in [0.4, 0.5) is 0 Å². The molecule has 25 heavy (non-hydrogen) atoms. The van der Waals surface area contributed by atoms with E-state index >= 15 is 0 Å². The van der Waals surface area contributed by atoms with E-state index in [0.717, 1.165) is 13.0 Å². The van der Waals surface area contributed by atoms with Crippen LogP contribution < -0.4 is 21.3 Å². The maximum atomic E-state index is 12.1. The molecule has 1 rings (SSSR count). The zero-order valence-corrected chi connectivity index (χ0v) is 13.8. The number of hydrogen-bond donors (Lipinski definition) is 7. The Hall–Kier alpha value is -2.24. The molecule has 11 nitrogen and oxygen atoms in total. The molecular formula is C14H24N4O7. The van der Waals surface area contributed by atoms with Gasteiger partial charge in [-0.05, 0) is 26.3 Å². The fourth-order valence-electron chi connectivity index (χ4n) is 2.24. The predicted molar refractivity (Wildman–Crippen MR) is 84.3 cm³/mol. The van der Waals surface area contributed by atoms with Crippen molar-refractivity contribution in [2.45, 2.75) is 43.9 Å². The van der Waals surface area contributed by atoms with E-state index in [4.69, 9.17) is 10.2 Å². The maximum Gasteiger partial charge on any atom is 0.328 e. The van der Waals surface area contributed by atoms with E-state index in [1.54, 1.807) is 0 Å². The van der Waals surface area contributed by atoms with E-state index < -0.39 is 49.1 Å². The Morgan fingerprint density at radius 1 is 1.04 bits per heavy atom. The highest BCUT2D eigenvalue weighted by molar-refractivity contribution is 5.94. The Balaban J connectivity index is 2.54. The largest absolute Gasteiger partial charge is 0.480 e. The number of rotatable bonds is 9. The van der Waals surface area contributed by atoms with Crippen LogP contribution in [0.15, 0.2) is 0 Å². The van der Waals surface area contributed by atoms with Crippen LogP contribution in [0.1, 0.15) is 19.8 Å². The van der Waals surface area contributed by atoms with Crippen LogP contribution in [-0.4, -0.2) is 82.9 Å². The van der Waals surface area contributed by atoms with Gasteiger partial charge in [0.25, 0.3) is 0 Å². The van der Waals surface area contributed by atoms with Gasteiger partial charge in [-0.1, -0.05) is 0 Å². The minimum Gasteiger partial charge on any atom is -0.480 e. The van der Waals surface area contributed by atoms with Crippen molar-refractivity contribution in [3.63, 3.8) is 0 Å². The van der Waals surface area contributed by atoms with Gasteiger partial charge in [0.2, 0.25) is 17.7 Å². The third-order valence-electron chi connectivity index (χ3n) is 3.74. The molecule has 0 bridgehead atoms. The van der Waals surface area contributed by atoms with Gasteiger partial charge in [-0.3, -0.25) is 14.4 Å². The highest BCUT2D eigenvalue weighted by atomic mass is 16.4. The average Bonchev–Trinajstić information content (AvgIpc) is 3.11. The summed E-state index contributed by atoms with van der Waals surface area (Å²) in [4.78, 5) is 46.6. The first-order valence-corrected chi connectivity index (χ1v) is 7.89. The van der Waals surface area contributed by atoms with E-state index in [9.17, 15) is 24.3 Å². The van der Waals surface area contributed by atoms with Crippen LogP contribution in [0.25, 0.3) is 0 Å². The highest BCUT2D eigenvalue weighted by Gasteiger charge is 2.29. The minimum atomic E-state index is -1.55. The van der Waals surface area contributed by atoms with Crippen LogP contribution in [0.2, 0.25) is 0 Å². The van der Waals surface area contributed by atoms with E-state index in [1.165, 1.54) is 6.92 Å². The summed E-state index contributed by atoms with van der Waals surface area (Å²) in [7, 11) is 0. The lowest BCUT2D eigenvalue weighted by molar-refractivity contribution is -0.143. The molecule has 11 heteroatoms. The molecule has 0 aliphatic carbocycles. The normalized spacial score (nSPS) is 20.2. The summed E-state index contributed by atoms with van der Waals surface area (Å²) in [6, 6.07) is -4.29. The van der Waals surface area contributed by atoms with Crippen molar-refractivity contribution in [1.29, 1.82) is 0 Å². The molecule has 0 radical (unpaired) electrons.